The van der Waals surface area contributed by atoms with Gasteiger partial charge in [0.05, 0.1) is 11.0 Å². The Labute approximate surface area is 153 Å². The van der Waals surface area contributed by atoms with Gasteiger partial charge in [0.25, 0.3) is 0 Å². The number of hydrogen-bond donors (Lipinski definition) is 1. The molecule has 6 nitrogen and oxygen atoms in total. The van der Waals surface area contributed by atoms with Crippen molar-refractivity contribution in [2.45, 2.75) is 32.1 Å². The third-order valence-corrected chi connectivity index (χ3v) is 5.94. The van der Waals surface area contributed by atoms with Crippen molar-refractivity contribution in [3.8, 4) is 5.82 Å². The van der Waals surface area contributed by atoms with E-state index in [2.05, 4.69) is 25.9 Å². The molecule has 26 heavy (non-hydrogen) atoms. The minimum Gasteiger partial charge on any atom is -0.369 e. The number of nitrogens with two attached hydrogens (primary N) is 1. The van der Waals surface area contributed by atoms with E-state index in [-0.39, 0.29) is 0 Å². The molecule has 1 saturated carbocycles. The fraction of sp³-hybridized carbons (Fsp3) is 0.450. The minimum absolute atomic E-state index is 0.462. The van der Waals surface area contributed by atoms with Crippen LogP contribution < -0.4 is 10.6 Å². The van der Waals surface area contributed by atoms with Crippen LogP contribution in [0.25, 0.3) is 16.9 Å². The fourth-order valence-electron chi connectivity index (χ4n) is 4.62. The molecule has 0 amide bonds. The summed E-state index contributed by atoms with van der Waals surface area (Å²) in [7, 11) is 0. The van der Waals surface area contributed by atoms with E-state index in [1.54, 1.807) is 6.33 Å². The van der Waals surface area contributed by atoms with E-state index >= 15 is 0 Å². The quantitative estimate of drug-likeness (QED) is 0.768. The molecule has 1 aliphatic carbocycles. The molecule has 2 aliphatic rings. The van der Waals surface area contributed by atoms with Crippen LogP contribution in [0.1, 0.15) is 32.1 Å². The first-order valence-electron chi connectivity index (χ1n) is 9.58. The number of para-hydroxylation sites is 2. The molecule has 0 radical (unpaired) electrons. The van der Waals surface area contributed by atoms with E-state index in [0.29, 0.717) is 5.95 Å². The number of aromatic nitrogens is 4. The minimum atomic E-state index is 0.462. The lowest BCUT2D eigenvalue weighted by molar-refractivity contribution is 0.441. The molecular weight excluding hydrogens is 324 g/mol. The molecule has 2 aromatic heterocycles. The van der Waals surface area contributed by atoms with Gasteiger partial charge in [0.2, 0.25) is 5.95 Å². The Hall–Kier alpha value is -2.63. The van der Waals surface area contributed by atoms with Crippen LogP contribution in [0.4, 0.5) is 11.8 Å². The van der Waals surface area contributed by atoms with Crippen molar-refractivity contribution in [3.63, 3.8) is 0 Å². The number of rotatable bonds is 2. The number of benzene rings is 1. The smallest absolute Gasteiger partial charge is 0.207 e. The summed E-state index contributed by atoms with van der Waals surface area (Å²) in [5, 5.41) is 0. The number of nitrogens with zero attached hydrogens (tertiary/aromatic N) is 5. The lowest BCUT2D eigenvalue weighted by Gasteiger charge is -2.29. The summed E-state index contributed by atoms with van der Waals surface area (Å²) in [4.78, 5) is 16.0. The van der Waals surface area contributed by atoms with E-state index in [1.807, 2.05) is 28.8 Å². The molecule has 1 aromatic carbocycles. The van der Waals surface area contributed by atoms with Gasteiger partial charge < -0.3 is 10.6 Å². The van der Waals surface area contributed by atoms with Gasteiger partial charge in [0.15, 0.2) is 0 Å². The zero-order chi connectivity index (χ0) is 17.5. The van der Waals surface area contributed by atoms with Crippen LogP contribution in [0.15, 0.2) is 36.7 Å². The topological polar surface area (TPSA) is 72.9 Å². The number of fused-ring (bicyclic) bond motifs is 4. The van der Waals surface area contributed by atoms with Gasteiger partial charge in [-0.3, -0.25) is 4.57 Å². The summed E-state index contributed by atoms with van der Waals surface area (Å²) in [5.74, 6) is 3.84. The summed E-state index contributed by atoms with van der Waals surface area (Å²) >= 11 is 0. The Morgan fingerprint density at radius 1 is 0.923 bits per heavy atom. The molecule has 1 saturated heterocycles. The average molecular weight is 348 g/mol. The first-order valence-corrected chi connectivity index (χ1v) is 9.58. The highest BCUT2D eigenvalue weighted by atomic mass is 15.2. The molecule has 2 fully saturated rings. The molecule has 6 heteroatoms. The van der Waals surface area contributed by atoms with Gasteiger partial charge in [-0.2, -0.15) is 0 Å². The molecule has 5 rings (SSSR count). The van der Waals surface area contributed by atoms with Crippen molar-refractivity contribution in [3.05, 3.63) is 36.7 Å². The van der Waals surface area contributed by atoms with Gasteiger partial charge in [0, 0.05) is 19.2 Å². The summed E-state index contributed by atoms with van der Waals surface area (Å²) in [6.45, 7) is 2.21. The summed E-state index contributed by atoms with van der Waals surface area (Å²) in [6.07, 6.45) is 8.46. The average Bonchev–Trinajstić information content (AvgIpc) is 2.80. The van der Waals surface area contributed by atoms with Gasteiger partial charge in [-0.15, -0.1) is 0 Å². The predicted octanol–water partition coefficient (Wildman–Crippen LogP) is 3.41. The Kier molecular flexibility index (Phi) is 3.76. The normalized spacial score (nSPS) is 23.2. The SMILES string of the molecule is Nc1nc2ccccc2n1-c1cc(N2CC3CCCC(CC3)C2)ncn1. The Balaban J connectivity index is 1.54. The first-order chi connectivity index (χ1) is 12.8. The summed E-state index contributed by atoms with van der Waals surface area (Å²) in [5.41, 5.74) is 8.05. The lowest BCUT2D eigenvalue weighted by Crippen LogP contribution is -2.33. The lowest BCUT2D eigenvalue weighted by atomic mass is 10.00. The third kappa shape index (κ3) is 2.69. The van der Waals surface area contributed by atoms with Gasteiger partial charge in [-0.05, 0) is 49.7 Å². The van der Waals surface area contributed by atoms with Crippen molar-refractivity contribution >= 4 is 22.8 Å². The zero-order valence-corrected chi connectivity index (χ0v) is 14.9. The number of anilines is 2. The highest BCUT2D eigenvalue weighted by Gasteiger charge is 2.28. The molecule has 2 unspecified atom stereocenters. The molecular formula is C20H24N6. The van der Waals surface area contributed by atoms with Crippen molar-refractivity contribution in [1.29, 1.82) is 0 Å². The van der Waals surface area contributed by atoms with Crippen molar-refractivity contribution < 1.29 is 0 Å². The number of nitrogen functional groups attached to an aromatic ring is 1. The van der Waals surface area contributed by atoms with Crippen LogP contribution in [0.2, 0.25) is 0 Å². The van der Waals surface area contributed by atoms with Crippen LogP contribution >= 0.6 is 0 Å². The molecule has 3 aromatic rings. The van der Waals surface area contributed by atoms with Crippen molar-refractivity contribution in [2.24, 2.45) is 11.8 Å². The molecule has 1 aliphatic heterocycles. The maximum atomic E-state index is 6.19. The van der Waals surface area contributed by atoms with Crippen LogP contribution in [-0.4, -0.2) is 32.6 Å². The van der Waals surface area contributed by atoms with E-state index in [4.69, 9.17) is 5.73 Å². The largest absolute Gasteiger partial charge is 0.369 e. The van der Waals surface area contributed by atoms with Gasteiger partial charge >= 0.3 is 0 Å². The fourth-order valence-corrected chi connectivity index (χ4v) is 4.62. The van der Waals surface area contributed by atoms with E-state index in [0.717, 1.165) is 47.6 Å². The number of hydrogen-bond acceptors (Lipinski definition) is 5. The maximum absolute atomic E-state index is 6.19. The highest BCUT2D eigenvalue weighted by molar-refractivity contribution is 5.80. The Morgan fingerprint density at radius 3 is 2.46 bits per heavy atom. The van der Waals surface area contributed by atoms with Crippen LogP contribution in [0.5, 0.6) is 0 Å². The first kappa shape index (κ1) is 15.6. The third-order valence-electron chi connectivity index (χ3n) is 5.94. The second-order valence-corrected chi connectivity index (χ2v) is 7.67. The summed E-state index contributed by atoms with van der Waals surface area (Å²) < 4.78 is 1.92. The Morgan fingerprint density at radius 2 is 1.65 bits per heavy atom. The second kappa shape index (κ2) is 6.27. The molecule has 2 N–H and O–H groups in total. The van der Waals surface area contributed by atoms with E-state index in [1.165, 1.54) is 32.1 Å². The van der Waals surface area contributed by atoms with Crippen LogP contribution in [-0.2, 0) is 0 Å². The highest BCUT2D eigenvalue weighted by Crippen LogP contribution is 2.34. The molecule has 0 spiro atoms. The molecule has 134 valence electrons. The van der Waals surface area contributed by atoms with Crippen LogP contribution in [0, 0.1) is 11.8 Å². The van der Waals surface area contributed by atoms with E-state index < -0.39 is 0 Å². The van der Waals surface area contributed by atoms with Gasteiger partial charge in [0.1, 0.15) is 18.0 Å². The monoisotopic (exact) mass is 348 g/mol. The second-order valence-electron chi connectivity index (χ2n) is 7.67. The van der Waals surface area contributed by atoms with Crippen molar-refractivity contribution in [2.75, 3.05) is 23.7 Å². The zero-order valence-electron chi connectivity index (χ0n) is 14.9. The Bertz CT molecular complexity index is 919. The molecule has 3 heterocycles. The predicted molar refractivity (Wildman–Crippen MR) is 103 cm³/mol. The van der Waals surface area contributed by atoms with Crippen molar-refractivity contribution in [1.82, 2.24) is 19.5 Å². The van der Waals surface area contributed by atoms with Gasteiger partial charge in [-0.25, -0.2) is 15.0 Å². The van der Waals surface area contributed by atoms with Crippen LogP contribution in [0.3, 0.4) is 0 Å². The molecule has 2 bridgehead atoms. The standard InChI is InChI=1S/C20H24N6/c21-20-24-16-6-1-2-7-17(16)26(20)19-10-18(22-13-23-19)25-11-14-4-3-5-15(12-25)9-8-14/h1-2,6-7,10,13-15H,3-5,8-9,11-12H2,(H2,21,24). The number of imidazole rings is 1. The van der Waals surface area contributed by atoms with E-state index in [9.17, 15) is 0 Å². The molecule has 2 atom stereocenters. The summed E-state index contributed by atoms with van der Waals surface area (Å²) in [6, 6.07) is 10.0. The maximum Gasteiger partial charge on any atom is 0.207 e. The van der Waals surface area contributed by atoms with Gasteiger partial charge in [-0.1, -0.05) is 18.6 Å².